The predicted molar refractivity (Wildman–Crippen MR) is 62.6 cm³/mol. The highest BCUT2D eigenvalue weighted by Gasteiger charge is 2.15. The van der Waals surface area contributed by atoms with Crippen molar-refractivity contribution in [1.29, 1.82) is 0 Å². The fourth-order valence-corrected chi connectivity index (χ4v) is 1.97. The number of fused-ring (bicyclic) bond motifs is 1. The number of alkyl halides is 1. The van der Waals surface area contributed by atoms with Crippen LogP contribution in [0.1, 0.15) is 16.8 Å². The number of benzene rings is 1. The average Bonchev–Trinajstić information content (AvgIpc) is 2.58. The van der Waals surface area contributed by atoms with E-state index in [0.717, 1.165) is 5.52 Å². The van der Waals surface area contributed by atoms with Gasteiger partial charge in [-0.1, -0.05) is 18.2 Å². The van der Waals surface area contributed by atoms with Crippen LogP contribution in [0, 0.1) is 5.95 Å². The third-order valence-electron chi connectivity index (χ3n) is 2.58. The highest BCUT2D eigenvalue weighted by Crippen LogP contribution is 2.23. The monoisotopic (exact) mass is 239 g/mol. The molecule has 0 atom stereocenters. The fraction of sp³-hybridized carbons (Fsp3) is 0.250. The molecule has 1 aromatic heterocycles. The maximum Gasteiger partial charge on any atom is 0.205 e. The van der Waals surface area contributed by atoms with Gasteiger partial charge in [0.1, 0.15) is 0 Å². The van der Waals surface area contributed by atoms with Crippen LogP contribution in [-0.2, 0) is 6.54 Å². The number of halogens is 2. The summed E-state index contributed by atoms with van der Waals surface area (Å²) in [6.45, 7) is 0.490. The first-order valence-electron chi connectivity index (χ1n) is 5.07. The second-order valence-electron chi connectivity index (χ2n) is 3.53. The van der Waals surface area contributed by atoms with Gasteiger partial charge in [-0.3, -0.25) is 4.79 Å². The lowest BCUT2D eigenvalue weighted by Crippen LogP contribution is -2.02. The van der Waals surface area contributed by atoms with E-state index in [-0.39, 0.29) is 5.56 Å². The molecule has 0 aliphatic carbocycles. The van der Waals surface area contributed by atoms with Crippen molar-refractivity contribution < 1.29 is 9.18 Å². The molecule has 2 nitrogen and oxygen atoms in total. The SMILES string of the molecule is O=Cc1c(F)n(CCCCl)c2ccccc12. The number of aromatic nitrogens is 1. The van der Waals surface area contributed by atoms with Crippen molar-refractivity contribution >= 4 is 28.8 Å². The van der Waals surface area contributed by atoms with Crippen LogP contribution < -0.4 is 0 Å². The minimum absolute atomic E-state index is 0.130. The molecule has 0 amide bonds. The lowest BCUT2D eigenvalue weighted by molar-refractivity contribution is 0.112. The number of hydrogen-bond acceptors (Lipinski definition) is 1. The smallest absolute Gasteiger partial charge is 0.205 e. The molecule has 84 valence electrons. The molecule has 0 bridgehead atoms. The van der Waals surface area contributed by atoms with Gasteiger partial charge in [-0.05, 0) is 12.5 Å². The van der Waals surface area contributed by atoms with Crippen molar-refractivity contribution in [2.75, 3.05) is 5.88 Å². The minimum atomic E-state index is -0.471. The van der Waals surface area contributed by atoms with E-state index in [9.17, 15) is 9.18 Å². The zero-order valence-electron chi connectivity index (χ0n) is 8.62. The van der Waals surface area contributed by atoms with Crippen LogP contribution in [0.3, 0.4) is 0 Å². The quantitative estimate of drug-likeness (QED) is 0.593. The lowest BCUT2D eigenvalue weighted by Gasteiger charge is -2.03. The van der Waals surface area contributed by atoms with Crippen molar-refractivity contribution in [2.45, 2.75) is 13.0 Å². The summed E-state index contributed by atoms with van der Waals surface area (Å²) in [4.78, 5) is 10.8. The second kappa shape index (κ2) is 4.66. The van der Waals surface area contributed by atoms with Crippen LogP contribution in [0.5, 0.6) is 0 Å². The number of aryl methyl sites for hydroxylation is 1. The summed E-state index contributed by atoms with van der Waals surface area (Å²) in [5.74, 6) is 0.00357. The minimum Gasteiger partial charge on any atom is -0.317 e. The van der Waals surface area contributed by atoms with Gasteiger partial charge in [0, 0.05) is 17.8 Å². The molecule has 1 aromatic carbocycles. The molecule has 2 aromatic rings. The summed E-state index contributed by atoms with van der Waals surface area (Å²) in [7, 11) is 0. The van der Waals surface area contributed by atoms with Crippen LogP contribution in [-0.4, -0.2) is 16.7 Å². The molecule has 0 fully saturated rings. The normalized spacial score (nSPS) is 10.9. The molecule has 16 heavy (non-hydrogen) atoms. The number of para-hydroxylation sites is 1. The molecule has 0 aliphatic heterocycles. The van der Waals surface area contributed by atoms with Crippen LogP contribution in [0.4, 0.5) is 4.39 Å². The van der Waals surface area contributed by atoms with E-state index >= 15 is 0 Å². The Morgan fingerprint density at radius 3 is 2.81 bits per heavy atom. The van der Waals surface area contributed by atoms with Gasteiger partial charge in [0.2, 0.25) is 5.95 Å². The molecule has 1 heterocycles. The van der Waals surface area contributed by atoms with Gasteiger partial charge in [0.25, 0.3) is 0 Å². The van der Waals surface area contributed by atoms with Crippen molar-refractivity contribution in [1.82, 2.24) is 4.57 Å². The molecule has 4 heteroatoms. The Balaban J connectivity index is 2.62. The first kappa shape index (κ1) is 11.1. The average molecular weight is 240 g/mol. The lowest BCUT2D eigenvalue weighted by atomic mass is 10.2. The molecule has 0 spiro atoms. The van der Waals surface area contributed by atoms with Crippen molar-refractivity contribution in [3.05, 3.63) is 35.8 Å². The third-order valence-corrected chi connectivity index (χ3v) is 2.84. The van der Waals surface area contributed by atoms with Gasteiger partial charge < -0.3 is 4.57 Å². The Bertz CT molecular complexity index is 521. The van der Waals surface area contributed by atoms with E-state index in [1.165, 1.54) is 4.57 Å². The zero-order chi connectivity index (χ0) is 11.5. The molecule has 0 N–H and O–H groups in total. The highest BCUT2D eigenvalue weighted by atomic mass is 35.5. The third kappa shape index (κ3) is 1.71. The summed E-state index contributed by atoms with van der Waals surface area (Å²) >= 11 is 5.59. The Kier molecular flexibility index (Phi) is 3.25. The number of rotatable bonds is 4. The van der Waals surface area contributed by atoms with Gasteiger partial charge in [-0.2, -0.15) is 4.39 Å². The van der Waals surface area contributed by atoms with Crippen LogP contribution in [0.2, 0.25) is 0 Å². The van der Waals surface area contributed by atoms with Crippen molar-refractivity contribution in [2.24, 2.45) is 0 Å². The van der Waals surface area contributed by atoms with Crippen molar-refractivity contribution in [3.8, 4) is 0 Å². The predicted octanol–water partition coefficient (Wildman–Crippen LogP) is 3.22. The molecular weight excluding hydrogens is 229 g/mol. The Hall–Kier alpha value is -1.35. The van der Waals surface area contributed by atoms with Gasteiger partial charge in [-0.25, -0.2) is 0 Å². The van der Waals surface area contributed by atoms with E-state index in [1.807, 2.05) is 6.07 Å². The van der Waals surface area contributed by atoms with Crippen LogP contribution in [0.15, 0.2) is 24.3 Å². The Morgan fingerprint density at radius 2 is 2.12 bits per heavy atom. The van der Waals surface area contributed by atoms with Crippen LogP contribution in [0.25, 0.3) is 10.9 Å². The number of nitrogens with zero attached hydrogens (tertiary/aromatic N) is 1. The number of carbonyl (C=O) groups is 1. The zero-order valence-corrected chi connectivity index (χ0v) is 9.38. The summed E-state index contributed by atoms with van der Waals surface area (Å²) < 4.78 is 15.4. The molecule has 0 radical (unpaired) electrons. The molecule has 0 saturated carbocycles. The van der Waals surface area contributed by atoms with Crippen molar-refractivity contribution in [3.63, 3.8) is 0 Å². The molecular formula is C12H11ClFNO. The summed E-state index contributed by atoms with van der Waals surface area (Å²) in [6.07, 6.45) is 1.24. The Morgan fingerprint density at radius 1 is 1.38 bits per heavy atom. The molecule has 2 rings (SSSR count). The van der Waals surface area contributed by atoms with E-state index in [1.54, 1.807) is 18.2 Å². The first-order valence-corrected chi connectivity index (χ1v) is 5.61. The summed E-state index contributed by atoms with van der Waals surface area (Å²) in [5, 5.41) is 0.657. The molecule has 0 aliphatic rings. The second-order valence-corrected chi connectivity index (χ2v) is 3.91. The maximum atomic E-state index is 13.9. The number of carbonyl (C=O) groups excluding carboxylic acids is 1. The standard InChI is InChI=1S/C12H11ClFNO/c13-6-3-7-15-11-5-2-1-4-9(11)10(8-16)12(15)14/h1-2,4-5,8H,3,6-7H2. The summed E-state index contributed by atoms with van der Waals surface area (Å²) in [6, 6.07) is 7.17. The largest absolute Gasteiger partial charge is 0.317 e. The number of aldehydes is 1. The van der Waals surface area contributed by atoms with Gasteiger partial charge >= 0.3 is 0 Å². The van der Waals surface area contributed by atoms with E-state index < -0.39 is 5.95 Å². The number of hydrogen-bond donors (Lipinski definition) is 0. The maximum absolute atomic E-state index is 13.9. The van der Waals surface area contributed by atoms with E-state index in [4.69, 9.17) is 11.6 Å². The van der Waals surface area contributed by atoms with Gasteiger partial charge in [0.05, 0.1) is 11.1 Å². The Labute approximate surface area is 97.6 Å². The topological polar surface area (TPSA) is 22.0 Å². The van der Waals surface area contributed by atoms with Crippen LogP contribution >= 0.6 is 11.6 Å². The molecule has 0 unspecified atom stereocenters. The fourth-order valence-electron chi connectivity index (χ4n) is 1.85. The highest BCUT2D eigenvalue weighted by molar-refractivity contribution is 6.17. The van der Waals surface area contributed by atoms with E-state index in [2.05, 4.69) is 0 Å². The molecule has 0 saturated heterocycles. The first-order chi connectivity index (χ1) is 7.79. The summed E-state index contributed by atoms with van der Waals surface area (Å²) in [5.41, 5.74) is 0.873. The van der Waals surface area contributed by atoms with Gasteiger partial charge in [-0.15, -0.1) is 11.6 Å². The van der Waals surface area contributed by atoms with Gasteiger partial charge in [0.15, 0.2) is 6.29 Å². The van der Waals surface area contributed by atoms with E-state index in [0.29, 0.717) is 30.5 Å².